The number of hydrogen-bond donors (Lipinski definition) is 0. The van der Waals surface area contributed by atoms with Crippen molar-refractivity contribution in [1.82, 2.24) is 0 Å². The Balaban J connectivity index is 1.43. The number of carbonyl (C=O) groups excluding carboxylic acids is 1. The molecular weight excluding hydrogens is 296 g/mol. The molecule has 1 unspecified atom stereocenters. The minimum Gasteiger partial charge on any atom is -0.463 e. The molecule has 3 atom stereocenters. The van der Waals surface area contributed by atoms with Gasteiger partial charge in [0.15, 0.2) is 6.29 Å². The Bertz CT molecular complexity index is 476. The highest BCUT2D eigenvalue weighted by molar-refractivity contribution is 5.92. The average molecular weight is 322 g/mol. The summed E-state index contributed by atoms with van der Waals surface area (Å²) in [6, 6.07) is 0. The van der Waals surface area contributed by atoms with Crippen LogP contribution in [0.1, 0.15) is 32.6 Å². The third-order valence-corrected chi connectivity index (χ3v) is 4.67. The van der Waals surface area contributed by atoms with E-state index >= 15 is 0 Å². The van der Waals surface area contributed by atoms with Gasteiger partial charge >= 0.3 is 5.97 Å². The van der Waals surface area contributed by atoms with Gasteiger partial charge < -0.3 is 18.9 Å². The van der Waals surface area contributed by atoms with Crippen LogP contribution in [0.15, 0.2) is 23.3 Å². The van der Waals surface area contributed by atoms with E-state index in [4.69, 9.17) is 18.9 Å². The molecule has 1 fully saturated rings. The minimum absolute atomic E-state index is 0.0768. The Kier molecular flexibility index (Phi) is 5.86. The lowest BCUT2D eigenvalue weighted by atomic mass is 9.97. The summed E-state index contributed by atoms with van der Waals surface area (Å²) in [7, 11) is 0. The summed E-state index contributed by atoms with van der Waals surface area (Å²) in [5.74, 6) is 0.362. The van der Waals surface area contributed by atoms with E-state index in [1.54, 1.807) is 0 Å². The first-order valence-corrected chi connectivity index (χ1v) is 8.69. The normalized spacial score (nSPS) is 29.3. The highest BCUT2D eigenvalue weighted by Gasteiger charge is 2.39. The van der Waals surface area contributed by atoms with Gasteiger partial charge in [0.1, 0.15) is 0 Å². The lowest BCUT2D eigenvalue weighted by Crippen LogP contribution is -2.24. The summed E-state index contributed by atoms with van der Waals surface area (Å²) in [4.78, 5) is 12.1. The average Bonchev–Trinajstić information content (AvgIpc) is 3.17. The van der Waals surface area contributed by atoms with Crippen molar-refractivity contribution in [3.63, 3.8) is 0 Å². The molecule has 1 heterocycles. The maximum absolute atomic E-state index is 12.1. The van der Waals surface area contributed by atoms with Crippen LogP contribution in [0.2, 0.25) is 0 Å². The quantitative estimate of drug-likeness (QED) is 0.391. The maximum atomic E-state index is 12.1. The molecule has 0 aromatic rings. The van der Waals surface area contributed by atoms with Crippen molar-refractivity contribution in [3.8, 4) is 0 Å². The van der Waals surface area contributed by atoms with Crippen LogP contribution in [0.5, 0.6) is 0 Å². The van der Waals surface area contributed by atoms with Crippen molar-refractivity contribution in [1.29, 1.82) is 0 Å². The first kappa shape index (κ1) is 16.7. The van der Waals surface area contributed by atoms with Gasteiger partial charge in [0.2, 0.25) is 0 Å². The van der Waals surface area contributed by atoms with Gasteiger partial charge in [-0.15, -0.1) is 0 Å². The zero-order chi connectivity index (χ0) is 16.1. The Labute approximate surface area is 137 Å². The molecular formula is C18H26O5. The molecule has 0 spiro atoms. The molecule has 0 saturated carbocycles. The van der Waals surface area contributed by atoms with Gasteiger partial charge in [-0.3, -0.25) is 0 Å². The molecule has 0 amide bonds. The van der Waals surface area contributed by atoms with Crippen LogP contribution < -0.4 is 0 Å². The van der Waals surface area contributed by atoms with Crippen molar-refractivity contribution in [2.45, 2.75) is 38.9 Å². The standard InChI is InChI=1S/C18H26O5/c1-2-21-18(19)17-14-7-6-13(11-14)15(17)12-20-9-10-23-16-5-3-4-8-22-16/h6-7,13-14,16H,2-5,8-12H2,1H3/t13-,14+,16?/m1/s1. The Morgan fingerprint density at radius 2 is 2.13 bits per heavy atom. The van der Waals surface area contributed by atoms with Crippen LogP contribution >= 0.6 is 0 Å². The fourth-order valence-corrected chi connectivity index (χ4v) is 3.55. The second kappa shape index (κ2) is 8.08. The predicted molar refractivity (Wildman–Crippen MR) is 84.8 cm³/mol. The van der Waals surface area contributed by atoms with Gasteiger partial charge in [0, 0.05) is 24.0 Å². The van der Waals surface area contributed by atoms with E-state index in [1.807, 2.05) is 6.92 Å². The predicted octanol–water partition coefficient (Wildman–Crippen LogP) is 2.61. The summed E-state index contributed by atoms with van der Waals surface area (Å²) in [5, 5.41) is 0. The Hall–Kier alpha value is -1.17. The SMILES string of the molecule is CCOC(=O)C1=C(COCCOC2CCCCO2)[C@@H]2C=C[C@H]1C2. The van der Waals surface area contributed by atoms with Gasteiger partial charge in [-0.2, -0.15) is 0 Å². The second-order valence-electron chi connectivity index (χ2n) is 6.21. The highest BCUT2D eigenvalue weighted by Crippen LogP contribution is 2.44. The van der Waals surface area contributed by atoms with Crippen molar-refractivity contribution in [2.24, 2.45) is 11.8 Å². The number of fused-ring (bicyclic) bond motifs is 2. The molecule has 3 rings (SSSR count). The lowest BCUT2D eigenvalue weighted by Gasteiger charge is -2.22. The topological polar surface area (TPSA) is 54.0 Å². The summed E-state index contributed by atoms with van der Waals surface area (Å²) in [6.07, 6.45) is 8.45. The molecule has 1 aliphatic heterocycles. The fraction of sp³-hybridized carbons (Fsp3) is 0.722. The van der Waals surface area contributed by atoms with Crippen molar-refractivity contribution in [2.75, 3.05) is 33.0 Å². The summed E-state index contributed by atoms with van der Waals surface area (Å²) in [6.45, 7) is 4.55. The van der Waals surface area contributed by atoms with Crippen molar-refractivity contribution >= 4 is 5.97 Å². The third-order valence-electron chi connectivity index (χ3n) is 4.67. The van der Waals surface area contributed by atoms with Gasteiger partial charge in [0.25, 0.3) is 0 Å². The number of rotatable bonds is 8. The smallest absolute Gasteiger partial charge is 0.334 e. The van der Waals surface area contributed by atoms with Crippen LogP contribution in [0.4, 0.5) is 0 Å². The monoisotopic (exact) mass is 322 g/mol. The molecule has 3 aliphatic rings. The summed E-state index contributed by atoms with van der Waals surface area (Å²) < 4.78 is 22.1. The fourth-order valence-electron chi connectivity index (χ4n) is 3.55. The number of esters is 1. The molecule has 5 nitrogen and oxygen atoms in total. The Morgan fingerprint density at radius 1 is 1.26 bits per heavy atom. The molecule has 2 aliphatic carbocycles. The van der Waals surface area contributed by atoms with Crippen molar-refractivity contribution < 1.29 is 23.7 Å². The molecule has 2 bridgehead atoms. The maximum Gasteiger partial charge on any atom is 0.334 e. The van der Waals surface area contributed by atoms with E-state index in [1.165, 1.54) is 0 Å². The van der Waals surface area contributed by atoms with E-state index in [0.717, 1.165) is 43.4 Å². The zero-order valence-electron chi connectivity index (χ0n) is 13.8. The Morgan fingerprint density at radius 3 is 2.91 bits per heavy atom. The number of allylic oxidation sites excluding steroid dienone is 2. The summed E-state index contributed by atoms with van der Waals surface area (Å²) >= 11 is 0. The minimum atomic E-state index is -0.185. The number of hydrogen-bond acceptors (Lipinski definition) is 5. The molecule has 0 radical (unpaired) electrons. The lowest BCUT2D eigenvalue weighted by molar-refractivity contribution is -0.168. The van der Waals surface area contributed by atoms with Crippen LogP contribution in [-0.2, 0) is 23.7 Å². The van der Waals surface area contributed by atoms with Crippen molar-refractivity contribution in [3.05, 3.63) is 23.3 Å². The van der Waals surface area contributed by atoms with Gasteiger partial charge in [-0.1, -0.05) is 12.2 Å². The van der Waals surface area contributed by atoms with Gasteiger partial charge in [-0.05, 0) is 38.2 Å². The van der Waals surface area contributed by atoms with Crippen LogP contribution in [0.25, 0.3) is 0 Å². The number of carbonyl (C=O) groups is 1. The first-order valence-electron chi connectivity index (χ1n) is 8.69. The van der Waals surface area contributed by atoms with Crippen LogP contribution in [0.3, 0.4) is 0 Å². The van der Waals surface area contributed by atoms with E-state index < -0.39 is 0 Å². The summed E-state index contributed by atoms with van der Waals surface area (Å²) in [5.41, 5.74) is 1.90. The molecule has 0 N–H and O–H groups in total. The number of ether oxygens (including phenoxy) is 4. The third kappa shape index (κ3) is 4.03. The molecule has 23 heavy (non-hydrogen) atoms. The largest absolute Gasteiger partial charge is 0.463 e. The molecule has 1 saturated heterocycles. The van der Waals surface area contributed by atoms with E-state index in [9.17, 15) is 4.79 Å². The van der Waals surface area contributed by atoms with E-state index in [2.05, 4.69) is 12.2 Å². The first-order chi connectivity index (χ1) is 11.3. The van der Waals surface area contributed by atoms with E-state index in [-0.39, 0.29) is 18.2 Å². The van der Waals surface area contributed by atoms with Gasteiger partial charge in [-0.25, -0.2) is 4.79 Å². The van der Waals surface area contributed by atoms with Crippen LogP contribution in [0, 0.1) is 11.8 Å². The van der Waals surface area contributed by atoms with E-state index in [0.29, 0.717) is 32.3 Å². The molecule has 0 aromatic heterocycles. The van der Waals surface area contributed by atoms with Gasteiger partial charge in [0.05, 0.1) is 26.4 Å². The zero-order valence-corrected chi connectivity index (χ0v) is 13.8. The molecule has 0 aromatic carbocycles. The highest BCUT2D eigenvalue weighted by atomic mass is 16.7. The molecule has 5 heteroatoms. The molecule has 128 valence electrons. The van der Waals surface area contributed by atoms with Crippen LogP contribution in [-0.4, -0.2) is 45.3 Å². The second-order valence-corrected chi connectivity index (χ2v) is 6.21.